The Labute approximate surface area is 133 Å². The minimum atomic E-state index is -4.54. The molecule has 1 aliphatic rings. The number of carbonyl (C=O) groups excluding carboxylic acids is 1. The summed E-state index contributed by atoms with van der Waals surface area (Å²) in [5, 5.41) is 8.57. The number of hydrogen-bond acceptors (Lipinski definition) is 3. The highest BCUT2D eigenvalue weighted by molar-refractivity contribution is 6.04. The summed E-state index contributed by atoms with van der Waals surface area (Å²) in [6.45, 7) is 0.800. The smallest absolute Gasteiger partial charge is 0.334 e. The number of amides is 1. The van der Waals surface area contributed by atoms with Crippen molar-refractivity contribution < 1.29 is 18.0 Å². The van der Waals surface area contributed by atoms with E-state index >= 15 is 0 Å². The van der Waals surface area contributed by atoms with Crippen LogP contribution in [0.5, 0.6) is 0 Å². The van der Waals surface area contributed by atoms with Gasteiger partial charge in [-0.3, -0.25) is 9.89 Å². The molecule has 4 rings (SSSR count). The lowest BCUT2D eigenvalue weighted by Crippen LogP contribution is -2.14. The third-order valence-corrected chi connectivity index (χ3v) is 4.01. The molecule has 1 aliphatic heterocycles. The van der Waals surface area contributed by atoms with Crippen molar-refractivity contribution in [3.63, 3.8) is 0 Å². The van der Waals surface area contributed by atoms with E-state index in [0.717, 1.165) is 37.5 Å². The highest BCUT2D eigenvalue weighted by Crippen LogP contribution is 2.36. The van der Waals surface area contributed by atoms with E-state index in [1.165, 1.54) is 6.07 Å². The van der Waals surface area contributed by atoms with Crippen LogP contribution in [-0.4, -0.2) is 25.7 Å². The first-order valence-electron chi connectivity index (χ1n) is 7.33. The third-order valence-electron chi connectivity index (χ3n) is 4.01. The molecular formula is C15H12F3N5O. The van der Waals surface area contributed by atoms with E-state index in [4.69, 9.17) is 0 Å². The second kappa shape index (κ2) is 5.08. The van der Waals surface area contributed by atoms with Crippen LogP contribution in [0.3, 0.4) is 0 Å². The van der Waals surface area contributed by atoms with Gasteiger partial charge in [-0.1, -0.05) is 0 Å². The summed E-state index contributed by atoms with van der Waals surface area (Å²) in [5.74, 6) is 0.282. The van der Waals surface area contributed by atoms with Gasteiger partial charge in [-0.2, -0.15) is 18.3 Å². The molecule has 0 aliphatic carbocycles. The number of aromatic amines is 1. The molecule has 9 heteroatoms. The number of nitrogens with zero attached hydrogens (tertiary/aromatic N) is 3. The topological polar surface area (TPSA) is 75.6 Å². The Hall–Kier alpha value is -2.84. The fourth-order valence-corrected chi connectivity index (χ4v) is 2.92. The van der Waals surface area contributed by atoms with Crippen LogP contribution in [-0.2, 0) is 19.1 Å². The van der Waals surface area contributed by atoms with Crippen LogP contribution >= 0.6 is 0 Å². The van der Waals surface area contributed by atoms with Crippen molar-refractivity contribution in [3.8, 4) is 0 Å². The van der Waals surface area contributed by atoms with E-state index in [2.05, 4.69) is 20.5 Å². The van der Waals surface area contributed by atoms with Crippen LogP contribution < -0.4 is 5.32 Å². The summed E-state index contributed by atoms with van der Waals surface area (Å²) in [6, 6.07) is 2.32. The monoisotopic (exact) mass is 335 g/mol. The van der Waals surface area contributed by atoms with Gasteiger partial charge in [-0.05, 0) is 18.6 Å². The van der Waals surface area contributed by atoms with E-state index in [1.54, 1.807) is 6.20 Å². The van der Waals surface area contributed by atoms with E-state index in [1.807, 2.05) is 4.57 Å². The summed E-state index contributed by atoms with van der Waals surface area (Å²) >= 11 is 0. The lowest BCUT2D eigenvalue weighted by atomic mass is 10.1. The van der Waals surface area contributed by atoms with Gasteiger partial charge in [0.1, 0.15) is 11.5 Å². The lowest BCUT2D eigenvalue weighted by Gasteiger charge is -2.11. The number of hydrogen-bond donors (Lipinski definition) is 2. The Balaban J connectivity index is 1.67. The van der Waals surface area contributed by atoms with Crippen molar-refractivity contribution in [1.29, 1.82) is 0 Å². The molecule has 3 aromatic rings. The summed E-state index contributed by atoms with van der Waals surface area (Å²) < 4.78 is 41.4. The average Bonchev–Trinajstić information content (AvgIpc) is 3.20. The summed E-state index contributed by atoms with van der Waals surface area (Å²) in [4.78, 5) is 16.5. The molecular weight excluding hydrogens is 323 g/mol. The Morgan fingerprint density at radius 3 is 2.92 bits per heavy atom. The molecule has 0 unspecified atom stereocenters. The summed E-state index contributed by atoms with van der Waals surface area (Å²) in [7, 11) is 0. The molecule has 24 heavy (non-hydrogen) atoms. The van der Waals surface area contributed by atoms with Gasteiger partial charge in [-0.15, -0.1) is 0 Å². The number of aryl methyl sites for hydroxylation is 2. The first kappa shape index (κ1) is 14.7. The molecule has 6 nitrogen and oxygen atoms in total. The van der Waals surface area contributed by atoms with Crippen molar-refractivity contribution in [2.45, 2.75) is 25.6 Å². The Kier molecular flexibility index (Phi) is 3.12. The standard InChI is InChI=1S/C15H12F3N5O/c16-15(17,18)10-4-8(5-11-9(10)6-19-22-11)20-14(24)12-7-23-3-1-2-13(23)21-12/h4-7H,1-3H2,(H,19,22)(H,20,24). The van der Waals surface area contributed by atoms with Gasteiger partial charge in [0.05, 0.1) is 17.3 Å². The first-order chi connectivity index (χ1) is 11.4. The van der Waals surface area contributed by atoms with Gasteiger partial charge in [-0.25, -0.2) is 4.98 Å². The van der Waals surface area contributed by atoms with E-state index in [9.17, 15) is 18.0 Å². The number of fused-ring (bicyclic) bond motifs is 2. The second-order valence-electron chi connectivity index (χ2n) is 5.65. The average molecular weight is 335 g/mol. The van der Waals surface area contributed by atoms with Gasteiger partial charge >= 0.3 is 6.18 Å². The maximum Gasteiger partial charge on any atom is 0.417 e. The number of nitrogens with one attached hydrogen (secondary N) is 2. The Bertz CT molecular complexity index is 919. The van der Waals surface area contributed by atoms with Crippen molar-refractivity contribution >= 4 is 22.5 Å². The number of alkyl halides is 3. The van der Waals surface area contributed by atoms with Crippen LogP contribution in [0.15, 0.2) is 24.5 Å². The number of carbonyl (C=O) groups is 1. The maximum atomic E-state index is 13.2. The molecule has 0 bridgehead atoms. The predicted octanol–water partition coefficient (Wildman–Crippen LogP) is 2.98. The molecule has 0 spiro atoms. The highest BCUT2D eigenvalue weighted by atomic mass is 19.4. The molecule has 0 atom stereocenters. The van der Waals surface area contributed by atoms with Crippen molar-refractivity contribution in [2.75, 3.05) is 5.32 Å². The molecule has 2 N–H and O–H groups in total. The molecule has 1 aromatic carbocycles. The molecule has 0 radical (unpaired) electrons. The van der Waals surface area contributed by atoms with Gasteiger partial charge in [0, 0.05) is 30.2 Å². The minimum Gasteiger partial charge on any atom is -0.334 e. The zero-order valence-corrected chi connectivity index (χ0v) is 12.3. The second-order valence-corrected chi connectivity index (χ2v) is 5.65. The zero-order valence-electron chi connectivity index (χ0n) is 12.3. The molecule has 2 aromatic heterocycles. The summed E-state index contributed by atoms with van der Waals surface area (Å²) in [6.07, 6.45) is -0.0273. The third kappa shape index (κ3) is 2.41. The van der Waals surface area contributed by atoms with Crippen molar-refractivity contribution in [2.24, 2.45) is 0 Å². The number of anilines is 1. The van der Waals surface area contributed by atoms with Gasteiger partial charge < -0.3 is 9.88 Å². The van der Waals surface area contributed by atoms with Crippen molar-refractivity contribution in [1.82, 2.24) is 19.7 Å². The van der Waals surface area contributed by atoms with Crippen molar-refractivity contribution in [3.05, 3.63) is 41.6 Å². The van der Waals surface area contributed by atoms with Crippen LogP contribution in [0.1, 0.15) is 28.3 Å². The quantitative estimate of drug-likeness (QED) is 0.756. The van der Waals surface area contributed by atoms with Gasteiger partial charge in [0.25, 0.3) is 5.91 Å². The molecule has 1 amide bonds. The number of imidazole rings is 1. The number of benzene rings is 1. The number of H-pyrrole nitrogens is 1. The molecule has 0 saturated heterocycles. The molecule has 0 saturated carbocycles. The lowest BCUT2D eigenvalue weighted by molar-refractivity contribution is -0.136. The highest BCUT2D eigenvalue weighted by Gasteiger charge is 2.33. The van der Waals surface area contributed by atoms with E-state index in [-0.39, 0.29) is 22.3 Å². The minimum absolute atomic E-state index is 0.0391. The Morgan fingerprint density at radius 2 is 2.17 bits per heavy atom. The summed E-state index contributed by atoms with van der Waals surface area (Å²) in [5.41, 5.74) is -0.413. The maximum absolute atomic E-state index is 13.2. The van der Waals surface area contributed by atoms with E-state index < -0.39 is 17.6 Å². The van der Waals surface area contributed by atoms with Crippen LogP contribution in [0, 0.1) is 0 Å². The first-order valence-corrected chi connectivity index (χ1v) is 7.33. The van der Waals surface area contributed by atoms with Gasteiger partial charge in [0.15, 0.2) is 0 Å². The Morgan fingerprint density at radius 1 is 1.33 bits per heavy atom. The molecule has 124 valence electrons. The molecule has 0 fully saturated rings. The number of aromatic nitrogens is 4. The fraction of sp³-hybridized carbons (Fsp3) is 0.267. The largest absolute Gasteiger partial charge is 0.417 e. The normalized spacial score (nSPS) is 14.1. The number of rotatable bonds is 2. The predicted molar refractivity (Wildman–Crippen MR) is 79.6 cm³/mol. The van der Waals surface area contributed by atoms with Crippen LogP contribution in [0.25, 0.3) is 10.9 Å². The van der Waals surface area contributed by atoms with E-state index in [0.29, 0.717) is 0 Å². The zero-order chi connectivity index (χ0) is 16.9. The van der Waals surface area contributed by atoms with Gasteiger partial charge in [0.2, 0.25) is 0 Å². The fourth-order valence-electron chi connectivity index (χ4n) is 2.92. The van der Waals surface area contributed by atoms with Crippen LogP contribution in [0.4, 0.5) is 18.9 Å². The SMILES string of the molecule is O=C(Nc1cc(C(F)(F)F)c2cn[nH]c2c1)c1cn2c(n1)CCC2. The number of halogens is 3. The van der Waals surface area contributed by atoms with Crippen LogP contribution in [0.2, 0.25) is 0 Å². The molecule has 3 heterocycles.